The van der Waals surface area contributed by atoms with Gasteiger partial charge in [0.25, 0.3) is 5.91 Å². The van der Waals surface area contributed by atoms with E-state index in [1.165, 1.54) is 24.3 Å². The molecule has 5 N–H and O–H groups in total. The predicted molar refractivity (Wildman–Crippen MR) is 118 cm³/mol. The number of nitrogens with one attached hydrogen (secondary N) is 2. The van der Waals surface area contributed by atoms with Crippen molar-refractivity contribution >= 4 is 29.2 Å². The highest BCUT2D eigenvalue weighted by atomic mass is 35.5. The van der Waals surface area contributed by atoms with Gasteiger partial charge in [0.15, 0.2) is 6.61 Å². The van der Waals surface area contributed by atoms with Crippen LogP contribution < -0.4 is 15.4 Å². The molecule has 0 bridgehead atoms. The average Bonchev–Trinajstić information content (AvgIpc) is 2.73. The first-order valence-electron chi connectivity index (χ1n) is 10.1. The normalized spacial score (nSPS) is 14.1. The quantitative estimate of drug-likeness (QED) is 0.365. The lowest BCUT2D eigenvalue weighted by Gasteiger charge is -2.29. The van der Waals surface area contributed by atoms with Crippen LogP contribution in [-0.4, -0.2) is 52.1 Å². The molecule has 0 fully saturated rings. The molecule has 35 heavy (non-hydrogen) atoms. The summed E-state index contributed by atoms with van der Waals surface area (Å²) in [6.45, 7) is 3.89. The topological polar surface area (TPSA) is 128 Å². The Bertz CT molecular complexity index is 1090. The molecule has 2 aromatic carbocycles. The van der Waals surface area contributed by atoms with Crippen LogP contribution in [0.1, 0.15) is 31.1 Å². The first-order chi connectivity index (χ1) is 16.1. The van der Waals surface area contributed by atoms with Gasteiger partial charge in [0, 0.05) is 28.7 Å². The zero-order valence-electron chi connectivity index (χ0n) is 18.5. The largest absolute Gasteiger partial charge is 0.508 e. The molecule has 1 heterocycles. The van der Waals surface area contributed by atoms with E-state index >= 15 is 0 Å². The summed E-state index contributed by atoms with van der Waals surface area (Å²) in [5, 5.41) is 33.9. The first kappa shape index (κ1) is 28.1. The molecule has 3 rings (SSSR count). The van der Waals surface area contributed by atoms with Crippen LogP contribution in [0.25, 0.3) is 0 Å². The summed E-state index contributed by atoms with van der Waals surface area (Å²) in [6, 6.07) is 7.05. The van der Waals surface area contributed by atoms with Crippen molar-refractivity contribution in [2.45, 2.75) is 38.1 Å². The number of phenols is 1. The van der Waals surface area contributed by atoms with Crippen LogP contribution in [0.3, 0.4) is 0 Å². The molecule has 0 saturated heterocycles. The van der Waals surface area contributed by atoms with Gasteiger partial charge in [0.1, 0.15) is 17.3 Å². The molecule has 1 amide bonds. The van der Waals surface area contributed by atoms with Gasteiger partial charge in [-0.3, -0.25) is 4.79 Å². The van der Waals surface area contributed by atoms with E-state index in [0.29, 0.717) is 28.4 Å². The average molecular weight is 523 g/mol. The Kier molecular flexibility index (Phi) is 8.93. The second-order valence-electron chi connectivity index (χ2n) is 8.24. The number of phenolic OH excluding ortho intramolecular Hbond substituents is 1. The summed E-state index contributed by atoms with van der Waals surface area (Å²) in [4.78, 5) is 20.4. The number of carboxylic acid groups (broad SMARTS) is 1. The summed E-state index contributed by atoms with van der Waals surface area (Å²) < 4.78 is 50.4. The molecule has 0 aromatic heterocycles. The molecule has 1 aliphatic rings. The van der Waals surface area contributed by atoms with E-state index in [2.05, 4.69) is 10.6 Å². The fourth-order valence-electron chi connectivity index (χ4n) is 3.15. The minimum Gasteiger partial charge on any atom is -0.508 e. The van der Waals surface area contributed by atoms with Crippen molar-refractivity contribution in [3.8, 4) is 11.5 Å². The number of aromatic hydroxyl groups is 1. The van der Waals surface area contributed by atoms with Crippen molar-refractivity contribution in [3.05, 3.63) is 52.3 Å². The van der Waals surface area contributed by atoms with E-state index in [1.54, 1.807) is 6.07 Å². The molecule has 0 aliphatic carbocycles. The number of aliphatic carboxylic acids is 1. The molecule has 0 saturated carbocycles. The summed E-state index contributed by atoms with van der Waals surface area (Å²) in [5.41, 5.74) is 1.03. The number of anilines is 1. The van der Waals surface area contributed by atoms with E-state index < -0.39 is 29.6 Å². The van der Waals surface area contributed by atoms with Gasteiger partial charge >= 0.3 is 12.1 Å². The van der Waals surface area contributed by atoms with E-state index in [9.17, 15) is 32.6 Å². The van der Waals surface area contributed by atoms with Gasteiger partial charge < -0.3 is 30.7 Å². The fourth-order valence-corrected chi connectivity index (χ4v) is 3.38. The highest BCUT2D eigenvalue weighted by molar-refractivity contribution is 6.31. The van der Waals surface area contributed by atoms with E-state index in [1.807, 2.05) is 13.8 Å². The molecule has 13 heteroatoms. The number of fused-ring (bicyclic) bond motifs is 1. The first-order valence-corrected chi connectivity index (χ1v) is 10.4. The number of halogens is 5. The van der Waals surface area contributed by atoms with Crippen LogP contribution in [0.4, 0.5) is 23.2 Å². The summed E-state index contributed by atoms with van der Waals surface area (Å²) >= 11 is 6.11. The predicted octanol–water partition coefficient (Wildman–Crippen LogP) is 3.79. The van der Waals surface area contributed by atoms with Crippen LogP contribution in [-0.2, 0) is 16.0 Å². The van der Waals surface area contributed by atoms with Gasteiger partial charge in [-0.25, -0.2) is 9.18 Å². The van der Waals surface area contributed by atoms with Gasteiger partial charge in [-0.05, 0) is 44.0 Å². The van der Waals surface area contributed by atoms with Gasteiger partial charge in [-0.2, -0.15) is 13.2 Å². The number of benzene rings is 2. The molecule has 1 aliphatic heterocycles. The molecule has 0 radical (unpaired) electrons. The number of hydrogen-bond donors (Lipinski definition) is 5. The van der Waals surface area contributed by atoms with Crippen molar-refractivity contribution < 1.29 is 47.2 Å². The smallest absolute Gasteiger partial charge is 0.490 e. The highest BCUT2D eigenvalue weighted by Crippen LogP contribution is 2.38. The number of aliphatic hydroxyl groups is 1. The second kappa shape index (κ2) is 11.1. The molecule has 8 nitrogen and oxygen atoms in total. The zero-order valence-corrected chi connectivity index (χ0v) is 19.3. The van der Waals surface area contributed by atoms with Crippen LogP contribution in [0.15, 0.2) is 30.3 Å². The Morgan fingerprint density at radius 1 is 1.26 bits per heavy atom. The maximum atomic E-state index is 13.2. The second-order valence-corrected chi connectivity index (χ2v) is 8.65. The number of ether oxygens (including phenoxy) is 1. The monoisotopic (exact) mass is 522 g/mol. The number of alkyl halides is 3. The lowest BCUT2D eigenvalue weighted by atomic mass is 9.94. The summed E-state index contributed by atoms with van der Waals surface area (Å²) in [5.74, 6) is -3.22. The Hall–Kier alpha value is -3.09. The van der Waals surface area contributed by atoms with Crippen molar-refractivity contribution in [1.29, 1.82) is 0 Å². The molecular formula is C22H23ClF4N2O6. The minimum atomic E-state index is -5.08. The molecule has 1 atom stereocenters. The van der Waals surface area contributed by atoms with Gasteiger partial charge in [0.05, 0.1) is 11.8 Å². The number of rotatable bonds is 6. The molecule has 0 spiro atoms. The lowest BCUT2D eigenvalue weighted by molar-refractivity contribution is -0.192. The third-order valence-electron chi connectivity index (χ3n) is 4.75. The highest BCUT2D eigenvalue weighted by Gasteiger charge is 2.38. The number of carbonyl (C=O) groups excluding carboxylic acids is 1. The summed E-state index contributed by atoms with van der Waals surface area (Å²) in [7, 11) is 0. The summed E-state index contributed by atoms with van der Waals surface area (Å²) in [6.07, 6.45) is -5.55. The maximum Gasteiger partial charge on any atom is 0.490 e. The number of aliphatic hydroxyl groups excluding tert-OH is 1. The zero-order chi connectivity index (χ0) is 26.6. The third-order valence-corrected chi connectivity index (χ3v) is 5.10. The van der Waals surface area contributed by atoms with Crippen molar-refractivity contribution in [2.24, 2.45) is 0 Å². The molecular weight excluding hydrogens is 500 g/mol. The Morgan fingerprint density at radius 3 is 2.46 bits per heavy atom. The SMILES string of the molecule is CC(C)(Cc1ccc(F)cc1Cl)NCC(O)c1cc(O)cc2c1OCC(=O)N2.O=C(O)C(F)(F)F. The fraction of sp³-hybridized carbons (Fsp3) is 0.364. The van der Waals surface area contributed by atoms with E-state index in [0.717, 1.165) is 5.56 Å². The Morgan fingerprint density at radius 2 is 1.89 bits per heavy atom. The van der Waals surface area contributed by atoms with Gasteiger partial charge in [-0.15, -0.1) is 0 Å². The minimum absolute atomic E-state index is 0.0871. The van der Waals surface area contributed by atoms with E-state index in [4.69, 9.17) is 26.2 Å². The number of β-amino-alcohol motifs (C(OH)–C–C–N with tert-alkyl or cyclic N) is 1. The molecule has 1 unspecified atom stereocenters. The Balaban J connectivity index is 0.000000540. The van der Waals surface area contributed by atoms with E-state index in [-0.39, 0.29) is 24.8 Å². The van der Waals surface area contributed by atoms with Gasteiger partial charge in [0.2, 0.25) is 0 Å². The molecule has 2 aromatic rings. The van der Waals surface area contributed by atoms with Crippen LogP contribution in [0, 0.1) is 5.82 Å². The number of carbonyl (C=O) groups is 2. The molecule has 192 valence electrons. The number of hydrogen-bond acceptors (Lipinski definition) is 6. The Labute approximate surface area is 202 Å². The number of carboxylic acids is 1. The van der Waals surface area contributed by atoms with Gasteiger partial charge in [-0.1, -0.05) is 17.7 Å². The third kappa shape index (κ3) is 8.26. The van der Waals surface area contributed by atoms with Crippen LogP contribution in [0.5, 0.6) is 11.5 Å². The standard InChI is InChI=1S/C20H22ClFN2O4.C2HF3O2/c1-20(2,8-11-3-4-12(22)5-15(11)21)23-9-17(26)14-6-13(25)7-16-19(14)28-10-18(27)24-16;3-2(4,5)1(6)7/h3-7,17,23,25-26H,8-10H2,1-2H3,(H,24,27);(H,6,7). The number of amides is 1. The van der Waals surface area contributed by atoms with Crippen molar-refractivity contribution in [1.82, 2.24) is 5.32 Å². The van der Waals surface area contributed by atoms with Crippen LogP contribution >= 0.6 is 11.6 Å². The van der Waals surface area contributed by atoms with Crippen molar-refractivity contribution in [2.75, 3.05) is 18.5 Å². The van der Waals surface area contributed by atoms with Crippen LogP contribution in [0.2, 0.25) is 5.02 Å². The van der Waals surface area contributed by atoms with Crippen molar-refractivity contribution in [3.63, 3.8) is 0 Å². The lowest BCUT2D eigenvalue weighted by Crippen LogP contribution is -2.43. The maximum absolute atomic E-state index is 13.2.